The van der Waals surface area contributed by atoms with Crippen molar-refractivity contribution in [2.24, 2.45) is 5.73 Å². The lowest BCUT2D eigenvalue weighted by Gasteiger charge is -2.25. The monoisotopic (exact) mass is 442 g/mol. The molecule has 2 aromatic rings. The van der Waals surface area contributed by atoms with Gasteiger partial charge in [0.1, 0.15) is 18.7 Å². The molecule has 1 aliphatic rings. The first kappa shape index (κ1) is 22.8. The number of aromatic amines is 1. The highest BCUT2D eigenvalue weighted by Crippen LogP contribution is 2.19. The van der Waals surface area contributed by atoms with Crippen molar-refractivity contribution in [3.63, 3.8) is 0 Å². The van der Waals surface area contributed by atoms with Gasteiger partial charge in [0.2, 0.25) is 17.7 Å². The summed E-state index contributed by atoms with van der Waals surface area (Å²) >= 11 is 0. The molecular weight excluding hydrogens is 416 g/mol. The van der Waals surface area contributed by atoms with Crippen molar-refractivity contribution in [1.82, 2.24) is 25.5 Å². The van der Waals surface area contributed by atoms with Gasteiger partial charge in [-0.15, -0.1) is 0 Å². The SMILES string of the molecule is NC(=O)CNC(=O)C(Cc1cnc[nH]1)NC(=O)C1CCCN1C(=O)OCc1ccccc1. The third-order valence-corrected chi connectivity index (χ3v) is 5.04. The number of rotatable bonds is 9. The lowest BCUT2D eigenvalue weighted by atomic mass is 10.1. The Balaban J connectivity index is 1.62. The van der Waals surface area contributed by atoms with Gasteiger partial charge < -0.3 is 26.1 Å². The number of carbonyl (C=O) groups is 4. The molecule has 0 radical (unpaired) electrons. The van der Waals surface area contributed by atoms with Gasteiger partial charge in [-0.2, -0.15) is 0 Å². The topological polar surface area (TPSA) is 160 Å². The molecule has 32 heavy (non-hydrogen) atoms. The molecule has 4 amide bonds. The molecule has 11 heteroatoms. The van der Waals surface area contributed by atoms with E-state index in [9.17, 15) is 19.2 Å². The van der Waals surface area contributed by atoms with E-state index in [1.807, 2.05) is 30.3 Å². The van der Waals surface area contributed by atoms with Crippen LogP contribution in [-0.2, 0) is 32.1 Å². The number of primary amides is 1. The molecule has 0 aliphatic carbocycles. The first-order valence-electron chi connectivity index (χ1n) is 10.2. The van der Waals surface area contributed by atoms with Crippen LogP contribution in [0.3, 0.4) is 0 Å². The molecule has 0 saturated carbocycles. The van der Waals surface area contributed by atoms with E-state index in [4.69, 9.17) is 10.5 Å². The van der Waals surface area contributed by atoms with Gasteiger partial charge in [-0.05, 0) is 18.4 Å². The zero-order chi connectivity index (χ0) is 22.9. The van der Waals surface area contributed by atoms with Crippen LogP contribution in [0.15, 0.2) is 42.9 Å². The maximum Gasteiger partial charge on any atom is 0.410 e. The fraction of sp³-hybridized carbons (Fsp3) is 0.381. The minimum atomic E-state index is -0.981. The lowest BCUT2D eigenvalue weighted by molar-refractivity contribution is -0.131. The summed E-state index contributed by atoms with van der Waals surface area (Å²) in [7, 11) is 0. The molecule has 2 heterocycles. The molecule has 1 aromatic carbocycles. The summed E-state index contributed by atoms with van der Waals surface area (Å²) in [6.45, 7) is 0.128. The highest BCUT2D eigenvalue weighted by Gasteiger charge is 2.37. The van der Waals surface area contributed by atoms with Crippen molar-refractivity contribution in [3.05, 3.63) is 54.1 Å². The highest BCUT2D eigenvalue weighted by molar-refractivity contribution is 5.93. The quantitative estimate of drug-likeness (QED) is 0.422. The molecule has 1 aromatic heterocycles. The number of hydrogen-bond acceptors (Lipinski definition) is 6. The second-order valence-electron chi connectivity index (χ2n) is 7.42. The Hall–Kier alpha value is -3.89. The van der Waals surface area contributed by atoms with E-state index in [1.54, 1.807) is 0 Å². The highest BCUT2D eigenvalue weighted by atomic mass is 16.6. The van der Waals surface area contributed by atoms with E-state index in [0.717, 1.165) is 5.56 Å². The van der Waals surface area contributed by atoms with Crippen LogP contribution in [0.1, 0.15) is 24.1 Å². The van der Waals surface area contributed by atoms with Crippen molar-refractivity contribution in [2.75, 3.05) is 13.1 Å². The number of amides is 4. The second-order valence-corrected chi connectivity index (χ2v) is 7.42. The standard InChI is InChI=1S/C21H26N6O5/c22-18(28)11-24-19(29)16(9-15-10-23-13-25-15)26-20(30)17-7-4-8-27(17)21(31)32-12-14-5-2-1-3-6-14/h1-3,5-6,10,13,16-17H,4,7-9,11-12H2,(H2,22,28)(H,23,25)(H,24,29)(H,26,30). The average Bonchev–Trinajstić information content (AvgIpc) is 3.48. The summed E-state index contributed by atoms with van der Waals surface area (Å²) < 4.78 is 5.36. The first-order chi connectivity index (χ1) is 15.4. The second kappa shape index (κ2) is 10.9. The summed E-state index contributed by atoms with van der Waals surface area (Å²) in [4.78, 5) is 57.2. The number of carbonyl (C=O) groups excluding carboxylic acids is 4. The van der Waals surface area contributed by atoms with Gasteiger partial charge in [-0.25, -0.2) is 9.78 Å². The van der Waals surface area contributed by atoms with Gasteiger partial charge in [-0.1, -0.05) is 30.3 Å². The maximum absolute atomic E-state index is 13.0. The molecule has 0 bridgehead atoms. The third kappa shape index (κ3) is 6.30. The average molecular weight is 442 g/mol. The number of ether oxygens (including phenoxy) is 1. The van der Waals surface area contributed by atoms with Crippen LogP contribution in [0.2, 0.25) is 0 Å². The number of benzene rings is 1. The molecule has 3 rings (SSSR count). The number of nitrogens with zero attached hydrogens (tertiary/aromatic N) is 2. The smallest absolute Gasteiger partial charge is 0.410 e. The molecule has 1 fully saturated rings. The van der Waals surface area contributed by atoms with Gasteiger partial charge in [0, 0.05) is 24.9 Å². The summed E-state index contributed by atoms with van der Waals surface area (Å²) in [6.07, 6.45) is 3.61. The van der Waals surface area contributed by atoms with Crippen molar-refractivity contribution in [1.29, 1.82) is 0 Å². The zero-order valence-corrected chi connectivity index (χ0v) is 17.5. The Morgan fingerprint density at radius 3 is 2.72 bits per heavy atom. The summed E-state index contributed by atoms with van der Waals surface area (Å²) in [5.74, 6) is -1.74. The van der Waals surface area contributed by atoms with Gasteiger partial charge in [0.15, 0.2) is 0 Å². The number of H-pyrrole nitrogens is 1. The van der Waals surface area contributed by atoms with E-state index in [0.29, 0.717) is 25.1 Å². The molecule has 11 nitrogen and oxygen atoms in total. The molecule has 5 N–H and O–H groups in total. The first-order valence-corrected chi connectivity index (χ1v) is 10.2. The summed E-state index contributed by atoms with van der Waals surface area (Å²) in [5.41, 5.74) is 6.54. The van der Waals surface area contributed by atoms with Crippen LogP contribution in [0.5, 0.6) is 0 Å². The summed E-state index contributed by atoms with van der Waals surface area (Å²) in [6, 6.07) is 7.50. The molecule has 2 atom stereocenters. The predicted molar refractivity (Wildman–Crippen MR) is 113 cm³/mol. The van der Waals surface area contributed by atoms with Crippen LogP contribution in [0, 0.1) is 0 Å². The van der Waals surface area contributed by atoms with Crippen LogP contribution >= 0.6 is 0 Å². The zero-order valence-electron chi connectivity index (χ0n) is 17.5. The Kier molecular flexibility index (Phi) is 7.79. The molecule has 0 spiro atoms. The van der Waals surface area contributed by atoms with Gasteiger partial charge in [0.05, 0.1) is 12.9 Å². The van der Waals surface area contributed by atoms with Gasteiger partial charge in [-0.3, -0.25) is 19.3 Å². The largest absolute Gasteiger partial charge is 0.445 e. The normalized spacial score (nSPS) is 16.2. The minimum Gasteiger partial charge on any atom is -0.445 e. The van der Waals surface area contributed by atoms with Crippen molar-refractivity contribution >= 4 is 23.8 Å². The Morgan fingerprint density at radius 1 is 1.25 bits per heavy atom. The number of hydrogen-bond donors (Lipinski definition) is 4. The van der Waals surface area contributed by atoms with E-state index >= 15 is 0 Å². The molecule has 1 aliphatic heterocycles. The lowest BCUT2D eigenvalue weighted by Crippen LogP contribution is -2.54. The van der Waals surface area contributed by atoms with Crippen LogP contribution in [-0.4, -0.2) is 63.9 Å². The predicted octanol–water partition coefficient (Wildman–Crippen LogP) is -0.160. The molecule has 170 valence electrons. The molecule has 2 unspecified atom stereocenters. The van der Waals surface area contributed by atoms with E-state index in [1.165, 1.54) is 17.4 Å². The summed E-state index contributed by atoms with van der Waals surface area (Å²) in [5, 5.41) is 5.07. The van der Waals surface area contributed by atoms with Crippen LogP contribution in [0.25, 0.3) is 0 Å². The van der Waals surface area contributed by atoms with Crippen LogP contribution in [0.4, 0.5) is 4.79 Å². The number of likely N-dealkylation sites (tertiary alicyclic amines) is 1. The molecular formula is C21H26N6O5. The van der Waals surface area contributed by atoms with Gasteiger partial charge in [0.25, 0.3) is 0 Å². The fourth-order valence-corrected chi connectivity index (χ4v) is 3.45. The van der Waals surface area contributed by atoms with E-state index in [-0.39, 0.29) is 19.6 Å². The van der Waals surface area contributed by atoms with E-state index < -0.39 is 35.9 Å². The van der Waals surface area contributed by atoms with Gasteiger partial charge >= 0.3 is 6.09 Å². The number of aromatic nitrogens is 2. The van der Waals surface area contributed by atoms with Crippen molar-refractivity contribution in [3.8, 4) is 0 Å². The van der Waals surface area contributed by atoms with Crippen molar-refractivity contribution < 1.29 is 23.9 Å². The third-order valence-electron chi connectivity index (χ3n) is 5.04. The fourth-order valence-electron chi connectivity index (χ4n) is 3.45. The maximum atomic E-state index is 13.0. The number of nitrogens with one attached hydrogen (secondary N) is 3. The Labute approximate surface area is 184 Å². The Bertz CT molecular complexity index is 933. The number of imidazole rings is 1. The number of nitrogens with two attached hydrogens (primary N) is 1. The molecule has 1 saturated heterocycles. The van der Waals surface area contributed by atoms with E-state index in [2.05, 4.69) is 20.6 Å². The Morgan fingerprint density at radius 2 is 2.03 bits per heavy atom. The minimum absolute atomic E-state index is 0.0997. The van der Waals surface area contributed by atoms with Crippen molar-refractivity contribution in [2.45, 2.75) is 38.0 Å². The van der Waals surface area contributed by atoms with Crippen LogP contribution < -0.4 is 16.4 Å².